The van der Waals surface area contributed by atoms with Gasteiger partial charge in [-0.15, -0.1) is 0 Å². The molecule has 16 heavy (non-hydrogen) atoms. The van der Waals surface area contributed by atoms with E-state index in [2.05, 4.69) is 35.0 Å². The van der Waals surface area contributed by atoms with Gasteiger partial charge in [0.25, 0.3) is 0 Å². The van der Waals surface area contributed by atoms with Gasteiger partial charge < -0.3 is 0 Å². The summed E-state index contributed by atoms with van der Waals surface area (Å²) in [5.74, 6) is -0.0462. The Kier molecular flexibility index (Phi) is 12.9. The molecule has 2 heteroatoms. The number of hydrogen-bond acceptors (Lipinski definition) is 0. The molecule has 94 valence electrons. The van der Waals surface area contributed by atoms with Gasteiger partial charge in [0.2, 0.25) is 0 Å². The van der Waals surface area contributed by atoms with Crippen LogP contribution < -0.4 is 0 Å². The molecule has 0 heterocycles. The van der Waals surface area contributed by atoms with Gasteiger partial charge in [-0.25, -0.2) is 4.39 Å². The smallest absolute Gasteiger partial charge is 0.106 e. The van der Waals surface area contributed by atoms with Crippen molar-refractivity contribution < 1.29 is 4.39 Å². The van der Waals surface area contributed by atoms with Gasteiger partial charge in [-0.1, -0.05) is 53.9 Å². The molecule has 0 aromatic heterocycles. The Morgan fingerprint density at radius 3 is 2.12 bits per heavy atom. The zero-order valence-corrected chi connectivity index (χ0v) is 11.9. The minimum absolute atomic E-state index is 0.0462. The van der Waals surface area contributed by atoms with Gasteiger partial charge >= 0.3 is 0 Å². The highest BCUT2D eigenvalue weighted by Gasteiger charge is 1.90. The van der Waals surface area contributed by atoms with Crippen molar-refractivity contribution in [1.82, 2.24) is 0 Å². The molecule has 0 aliphatic rings. The molecule has 0 amide bonds. The summed E-state index contributed by atoms with van der Waals surface area (Å²) in [6.45, 7) is 2.23. The molecule has 0 spiro atoms. The van der Waals surface area contributed by atoms with Crippen LogP contribution in [0.2, 0.25) is 0 Å². The third kappa shape index (κ3) is 12.0. The van der Waals surface area contributed by atoms with E-state index in [0.29, 0.717) is 5.33 Å². The fraction of sp³-hybridized carbons (Fsp3) is 0.714. The number of rotatable bonds is 10. The molecule has 0 aromatic rings. The van der Waals surface area contributed by atoms with Crippen molar-refractivity contribution in [3.05, 3.63) is 24.1 Å². The Bertz CT molecular complexity index is 197. The van der Waals surface area contributed by atoms with Crippen LogP contribution in [0.1, 0.15) is 58.3 Å². The molecule has 0 radical (unpaired) electrons. The Hall–Kier alpha value is -0.110. The highest BCUT2D eigenvalue weighted by atomic mass is 79.9. The summed E-state index contributed by atoms with van der Waals surface area (Å²) in [5, 5.41) is 0.352. The van der Waals surface area contributed by atoms with Crippen molar-refractivity contribution >= 4 is 15.9 Å². The molecule has 0 aliphatic carbocycles. The first-order valence-corrected chi connectivity index (χ1v) is 7.49. The number of unbranched alkanes of at least 4 members (excludes halogenated alkanes) is 6. The van der Waals surface area contributed by atoms with Crippen molar-refractivity contribution in [3.8, 4) is 0 Å². The van der Waals surface area contributed by atoms with E-state index in [4.69, 9.17) is 0 Å². The van der Waals surface area contributed by atoms with Crippen LogP contribution in [-0.4, -0.2) is 5.33 Å². The van der Waals surface area contributed by atoms with Crippen LogP contribution in [-0.2, 0) is 0 Å². The molecular formula is C14H24BrF. The van der Waals surface area contributed by atoms with Gasteiger partial charge in [0.05, 0.1) is 5.33 Å². The maximum Gasteiger partial charge on any atom is 0.106 e. The van der Waals surface area contributed by atoms with E-state index in [1.807, 2.05) is 0 Å². The highest BCUT2D eigenvalue weighted by Crippen LogP contribution is 2.08. The molecule has 0 fully saturated rings. The summed E-state index contributed by atoms with van der Waals surface area (Å²) in [6.07, 6.45) is 15.6. The third-order valence-electron chi connectivity index (χ3n) is 2.46. The SMILES string of the molecule is CCCCCC=CCCCCC=C(F)CBr. The van der Waals surface area contributed by atoms with Crippen LogP contribution in [0.15, 0.2) is 24.1 Å². The van der Waals surface area contributed by atoms with E-state index in [1.54, 1.807) is 6.08 Å². The molecule has 0 rings (SSSR count). The van der Waals surface area contributed by atoms with Gasteiger partial charge in [0.1, 0.15) is 5.83 Å². The topological polar surface area (TPSA) is 0 Å². The lowest BCUT2D eigenvalue weighted by Crippen LogP contribution is -1.77. The summed E-state index contributed by atoms with van der Waals surface area (Å²) in [5.41, 5.74) is 0. The Balaban J connectivity index is 3.20. The van der Waals surface area contributed by atoms with Crippen LogP contribution in [0.5, 0.6) is 0 Å². The lowest BCUT2D eigenvalue weighted by Gasteiger charge is -1.95. The molecule has 0 saturated carbocycles. The molecule has 0 nitrogen and oxygen atoms in total. The molecular weight excluding hydrogens is 267 g/mol. The fourth-order valence-electron chi connectivity index (χ4n) is 1.47. The zero-order chi connectivity index (χ0) is 12.1. The van der Waals surface area contributed by atoms with Crippen LogP contribution in [0.4, 0.5) is 4.39 Å². The van der Waals surface area contributed by atoms with Crippen LogP contribution in [0, 0.1) is 0 Å². The quantitative estimate of drug-likeness (QED) is 0.266. The molecule has 0 atom stereocenters. The van der Waals surface area contributed by atoms with Crippen molar-refractivity contribution in [3.63, 3.8) is 0 Å². The maximum atomic E-state index is 12.7. The minimum atomic E-state index is -0.0462. The average molecular weight is 291 g/mol. The lowest BCUT2D eigenvalue weighted by atomic mass is 10.1. The third-order valence-corrected chi connectivity index (χ3v) is 3.00. The summed E-state index contributed by atoms with van der Waals surface area (Å²) >= 11 is 3.08. The first-order chi connectivity index (χ1) is 7.81. The van der Waals surface area contributed by atoms with Crippen molar-refractivity contribution in [2.45, 2.75) is 58.3 Å². The van der Waals surface area contributed by atoms with Crippen molar-refractivity contribution in [1.29, 1.82) is 0 Å². The summed E-state index contributed by atoms with van der Waals surface area (Å²) in [4.78, 5) is 0. The number of halogens is 2. The van der Waals surface area contributed by atoms with E-state index in [-0.39, 0.29) is 5.83 Å². The summed E-state index contributed by atoms with van der Waals surface area (Å²) < 4.78 is 12.7. The highest BCUT2D eigenvalue weighted by molar-refractivity contribution is 9.09. The summed E-state index contributed by atoms with van der Waals surface area (Å²) in [7, 11) is 0. The predicted molar refractivity (Wildman–Crippen MR) is 74.7 cm³/mol. The van der Waals surface area contributed by atoms with Gasteiger partial charge in [-0.05, 0) is 38.5 Å². The fourth-order valence-corrected chi connectivity index (χ4v) is 1.70. The molecule has 0 aliphatic heterocycles. The second-order valence-electron chi connectivity index (χ2n) is 4.04. The first-order valence-electron chi connectivity index (χ1n) is 6.36. The Morgan fingerprint density at radius 2 is 1.56 bits per heavy atom. The van der Waals surface area contributed by atoms with Gasteiger partial charge in [0, 0.05) is 0 Å². The van der Waals surface area contributed by atoms with E-state index < -0.39 is 0 Å². The summed E-state index contributed by atoms with van der Waals surface area (Å²) in [6, 6.07) is 0. The van der Waals surface area contributed by atoms with Crippen molar-refractivity contribution in [2.75, 3.05) is 5.33 Å². The Labute approximate surface area is 108 Å². The molecule has 0 unspecified atom stereocenters. The standard InChI is InChI=1S/C14H24BrF/c1-2-3-4-5-6-7-8-9-10-11-12-14(16)13-15/h6-7,12H,2-5,8-11,13H2,1H3. The number of allylic oxidation sites excluding steroid dienone is 4. The molecule has 0 N–H and O–H groups in total. The Morgan fingerprint density at radius 1 is 1.00 bits per heavy atom. The van der Waals surface area contributed by atoms with E-state index in [0.717, 1.165) is 25.7 Å². The average Bonchev–Trinajstić information content (AvgIpc) is 2.31. The van der Waals surface area contributed by atoms with Crippen LogP contribution >= 0.6 is 15.9 Å². The second-order valence-corrected chi connectivity index (χ2v) is 4.60. The van der Waals surface area contributed by atoms with Gasteiger partial charge in [-0.2, -0.15) is 0 Å². The van der Waals surface area contributed by atoms with E-state index in [1.165, 1.54) is 25.7 Å². The predicted octanol–water partition coefficient (Wildman–Crippen LogP) is 5.93. The molecule has 0 saturated heterocycles. The second kappa shape index (κ2) is 13.0. The minimum Gasteiger partial charge on any atom is -0.211 e. The monoisotopic (exact) mass is 290 g/mol. The van der Waals surface area contributed by atoms with Crippen LogP contribution in [0.25, 0.3) is 0 Å². The van der Waals surface area contributed by atoms with Crippen LogP contribution in [0.3, 0.4) is 0 Å². The van der Waals surface area contributed by atoms with Gasteiger partial charge in [0.15, 0.2) is 0 Å². The first kappa shape index (κ1) is 15.9. The normalized spacial score (nSPS) is 12.6. The lowest BCUT2D eigenvalue weighted by molar-refractivity contribution is 0.632. The largest absolute Gasteiger partial charge is 0.211 e. The number of hydrogen-bond donors (Lipinski definition) is 0. The zero-order valence-electron chi connectivity index (χ0n) is 10.4. The molecule has 0 bridgehead atoms. The van der Waals surface area contributed by atoms with Gasteiger partial charge in [-0.3, -0.25) is 0 Å². The molecule has 0 aromatic carbocycles. The maximum absolute atomic E-state index is 12.7. The van der Waals surface area contributed by atoms with E-state index in [9.17, 15) is 4.39 Å². The van der Waals surface area contributed by atoms with E-state index >= 15 is 0 Å². The van der Waals surface area contributed by atoms with Crippen molar-refractivity contribution in [2.24, 2.45) is 0 Å². The number of alkyl halides is 1.